The number of benzene rings is 1. The highest BCUT2D eigenvalue weighted by Gasteiger charge is 2.32. The molecule has 0 aliphatic carbocycles. The zero-order valence-electron chi connectivity index (χ0n) is 15.5. The first-order valence-corrected chi connectivity index (χ1v) is 11.2. The van der Waals surface area contributed by atoms with Crippen LogP contribution in [0.1, 0.15) is 22.5 Å². The number of nitrogens with zero attached hydrogens (tertiary/aromatic N) is 1. The summed E-state index contributed by atoms with van der Waals surface area (Å²) in [5.74, 6) is -1.66. The highest BCUT2D eigenvalue weighted by atomic mass is 32.2. The number of ether oxygens (including phenoxy) is 2. The fourth-order valence-corrected chi connectivity index (χ4v) is 5.63. The molecule has 162 valence electrons. The lowest BCUT2D eigenvalue weighted by molar-refractivity contribution is -0.119. The van der Waals surface area contributed by atoms with Gasteiger partial charge < -0.3 is 14.8 Å². The molecular weight excluding hydrogens is 442 g/mol. The average molecular weight is 460 g/mol. The van der Waals surface area contributed by atoms with Crippen molar-refractivity contribution in [1.29, 1.82) is 0 Å². The first-order chi connectivity index (χ1) is 14.3. The monoisotopic (exact) mass is 460 g/mol. The van der Waals surface area contributed by atoms with Crippen LogP contribution in [-0.2, 0) is 19.6 Å². The maximum atomic E-state index is 12.7. The predicted octanol–water partition coefficient (Wildman–Crippen LogP) is 2.93. The van der Waals surface area contributed by atoms with E-state index in [0.717, 1.165) is 24.2 Å². The summed E-state index contributed by atoms with van der Waals surface area (Å²) in [7, 11) is -3.79. The molecule has 1 saturated heterocycles. The van der Waals surface area contributed by atoms with Crippen molar-refractivity contribution >= 4 is 38.9 Å². The number of esters is 1. The van der Waals surface area contributed by atoms with Crippen molar-refractivity contribution in [3.63, 3.8) is 0 Å². The molecule has 1 amide bonds. The minimum atomic E-state index is -3.79. The smallest absolute Gasteiger partial charge is 0.387 e. The third-order valence-electron chi connectivity index (χ3n) is 4.19. The second-order valence-electron chi connectivity index (χ2n) is 6.25. The van der Waals surface area contributed by atoms with Gasteiger partial charge in [-0.2, -0.15) is 13.1 Å². The van der Waals surface area contributed by atoms with Gasteiger partial charge in [0.15, 0.2) is 6.61 Å². The standard InChI is InChI=1S/C18H18F2N2O6S2/c19-18(20)28-13-5-3-12(4-6-13)21-15(23)11-27-17(24)16-14(7-10-29-16)30(25,26)22-8-1-2-9-22/h3-7,10,18H,1-2,8-9,11H2,(H,21,23). The van der Waals surface area contributed by atoms with Crippen molar-refractivity contribution < 1.29 is 36.3 Å². The molecule has 12 heteroatoms. The van der Waals surface area contributed by atoms with Crippen LogP contribution in [0, 0.1) is 0 Å². The first kappa shape index (κ1) is 22.1. The molecule has 1 aliphatic heterocycles. The molecule has 0 unspecified atom stereocenters. The van der Waals surface area contributed by atoms with Crippen LogP contribution in [0.4, 0.5) is 14.5 Å². The summed E-state index contributed by atoms with van der Waals surface area (Å²) in [5, 5.41) is 3.91. The SMILES string of the molecule is O=C(COC(=O)c1sccc1S(=O)(=O)N1CCCC1)Nc1ccc(OC(F)F)cc1. The van der Waals surface area contributed by atoms with E-state index in [1.54, 1.807) is 0 Å². The molecular formula is C18H18F2N2O6S2. The van der Waals surface area contributed by atoms with Crippen molar-refractivity contribution in [2.45, 2.75) is 24.3 Å². The van der Waals surface area contributed by atoms with Crippen LogP contribution in [0.3, 0.4) is 0 Å². The lowest BCUT2D eigenvalue weighted by Crippen LogP contribution is -2.29. The van der Waals surface area contributed by atoms with Crippen LogP contribution in [0.15, 0.2) is 40.6 Å². The second kappa shape index (κ2) is 9.49. The number of carbonyl (C=O) groups excluding carboxylic acids is 2. The number of hydrogen-bond donors (Lipinski definition) is 1. The van der Waals surface area contributed by atoms with Crippen LogP contribution in [0.25, 0.3) is 0 Å². The highest BCUT2D eigenvalue weighted by Crippen LogP contribution is 2.28. The van der Waals surface area contributed by atoms with Gasteiger partial charge in [-0.25, -0.2) is 13.2 Å². The van der Waals surface area contributed by atoms with Gasteiger partial charge in [0.2, 0.25) is 10.0 Å². The Balaban J connectivity index is 1.57. The third-order valence-corrected chi connectivity index (χ3v) is 7.16. The van der Waals surface area contributed by atoms with Gasteiger partial charge in [0.1, 0.15) is 15.5 Å². The molecule has 0 spiro atoms. The van der Waals surface area contributed by atoms with Crippen LogP contribution >= 0.6 is 11.3 Å². The van der Waals surface area contributed by atoms with Gasteiger partial charge in [0, 0.05) is 18.8 Å². The van der Waals surface area contributed by atoms with E-state index >= 15 is 0 Å². The number of thiophene rings is 1. The van der Waals surface area contributed by atoms with Crippen LogP contribution in [0.2, 0.25) is 0 Å². The number of amides is 1. The number of nitrogens with one attached hydrogen (secondary N) is 1. The molecule has 1 aliphatic rings. The van der Waals surface area contributed by atoms with E-state index in [4.69, 9.17) is 4.74 Å². The lowest BCUT2D eigenvalue weighted by Gasteiger charge is -2.15. The molecule has 0 saturated carbocycles. The van der Waals surface area contributed by atoms with Crippen molar-refractivity contribution in [2.24, 2.45) is 0 Å². The van der Waals surface area contributed by atoms with Gasteiger partial charge in [-0.3, -0.25) is 4.79 Å². The van der Waals surface area contributed by atoms with E-state index < -0.39 is 35.1 Å². The van der Waals surface area contributed by atoms with Gasteiger partial charge in [-0.05, 0) is 48.6 Å². The molecule has 2 aromatic rings. The zero-order chi connectivity index (χ0) is 21.7. The summed E-state index contributed by atoms with van der Waals surface area (Å²) in [5.41, 5.74) is 0.283. The second-order valence-corrected chi connectivity index (χ2v) is 9.07. The largest absolute Gasteiger partial charge is 0.451 e. The number of alkyl halides is 2. The summed E-state index contributed by atoms with van der Waals surface area (Å²) in [6.07, 6.45) is 1.52. The fraction of sp³-hybridized carbons (Fsp3) is 0.333. The molecule has 1 aromatic heterocycles. The molecule has 0 atom stereocenters. The average Bonchev–Trinajstić information content (AvgIpc) is 3.39. The molecule has 30 heavy (non-hydrogen) atoms. The van der Waals surface area contributed by atoms with Crippen molar-refractivity contribution in [3.05, 3.63) is 40.6 Å². The molecule has 0 radical (unpaired) electrons. The van der Waals surface area contributed by atoms with Crippen molar-refractivity contribution in [3.8, 4) is 5.75 Å². The quantitative estimate of drug-likeness (QED) is 0.608. The number of hydrogen-bond acceptors (Lipinski definition) is 7. The number of anilines is 1. The Labute approximate surface area is 175 Å². The summed E-state index contributed by atoms with van der Waals surface area (Å²) >= 11 is 0.918. The van der Waals surface area contributed by atoms with Crippen LogP contribution in [0.5, 0.6) is 5.75 Å². The summed E-state index contributed by atoms with van der Waals surface area (Å²) in [4.78, 5) is 24.1. The summed E-state index contributed by atoms with van der Waals surface area (Å²) in [6, 6.07) is 6.52. The van der Waals surface area contributed by atoms with Crippen molar-refractivity contribution in [2.75, 3.05) is 25.0 Å². The Morgan fingerprint density at radius 3 is 2.43 bits per heavy atom. The summed E-state index contributed by atoms with van der Waals surface area (Å²) < 4.78 is 60.1. The van der Waals surface area contributed by atoms with Crippen LogP contribution in [-0.4, -0.2) is 50.9 Å². The number of halogens is 2. The van der Waals surface area contributed by atoms with Gasteiger partial charge in [0.25, 0.3) is 5.91 Å². The highest BCUT2D eigenvalue weighted by molar-refractivity contribution is 7.89. The number of sulfonamides is 1. The molecule has 2 heterocycles. The zero-order valence-corrected chi connectivity index (χ0v) is 17.2. The Morgan fingerprint density at radius 1 is 1.13 bits per heavy atom. The topological polar surface area (TPSA) is 102 Å². The van der Waals surface area contributed by atoms with E-state index in [-0.39, 0.29) is 21.2 Å². The fourth-order valence-electron chi connectivity index (χ4n) is 2.83. The Kier molecular flexibility index (Phi) is 7.00. The minimum Gasteiger partial charge on any atom is -0.451 e. The van der Waals surface area contributed by atoms with Gasteiger partial charge in [-0.1, -0.05) is 0 Å². The number of carbonyl (C=O) groups is 2. The predicted molar refractivity (Wildman–Crippen MR) is 104 cm³/mol. The van der Waals surface area contributed by atoms with Gasteiger partial charge >= 0.3 is 12.6 Å². The third kappa shape index (κ3) is 5.32. The maximum Gasteiger partial charge on any atom is 0.387 e. The Morgan fingerprint density at radius 2 is 1.80 bits per heavy atom. The Bertz CT molecular complexity index is 1000. The van der Waals surface area contributed by atoms with Crippen LogP contribution < -0.4 is 10.1 Å². The molecule has 1 fully saturated rings. The van der Waals surface area contributed by atoms with Gasteiger partial charge in [-0.15, -0.1) is 11.3 Å². The summed E-state index contributed by atoms with van der Waals surface area (Å²) in [6.45, 7) is -2.80. The maximum absolute atomic E-state index is 12.7. The molecule has 3 rings (SSSR count). The number of rotatable bonds is 8. The first-order valence-electron chi connectivity index (χ1n) is 8.87. The van der Waals surface area contributed by atoms with Crippen molar-refractivity contribution in [1.82, 2.24) is 4.31 Å². The van der Waals surface area contributed by atoms with E-state index in [2.05, 4.69) is 10.1 Å². The van der Waals surface area contributed by atoms with E-state index in [1.165, 1.54) is 40.0 Å². The molecule has 1 N–H and O–H groups in total. The van der Waals surface area contributed by atoms with E-state index in [1.807, 2.05) is 0 Å². The van der Waals surface area contributed by atoms with E-state index in [9.17, 15) is 26.8 Å². The normalized spacial score (nSPS) is 14.6. The Hall–Kier alpha value is -2.57. The minimum absolute atomic E-state index is 0.0705. The van der Waals surface area contributed by atoms with Gasteiger partial charge in [0.05, 0.1) is 0 Å². The lowest BCUT2D eigenvalue weighted by atomic mass is 10.3. The molecule has 0 bridgehead atoms. The molecule has 1 aromatic carbocycles. The molecule has 8 nitrogen and oxygen atoms in total. The van der Waals surface area contributed by atoms with E-state index in [0.29, 0.717) is 13.1 Å².